The predicted molar refractivity (Wildman–Crippen MR) is 80.0 cm³/mol. The van der Waals surface area contributed by atoms with E-state index >= 15 is 0 Å². The van der Waals surface area contributed by atoms with Crippen molar-refractivity contribution >= 4 is 0 Å². The smallest absolute Gasteiger partial charge is 0.161 e. The SMILES string of the molecule is CCCn1ncc(OC)c1C(N)c1ccc2c(c1)COC2. The van der Waals surface area contributed by atoms with Crippen molar-refractivity contribution in [3.63, 3.8) is 0 Å². The molecular weight excluding hydrogens is 266 g/mol. The lowest BCUT2D eigenvalue weighted by Crippen LogP contribution is -2.18. The van der Waals surface area contributed by atoms with Crippen molar-refractivity contribution in [3.8, 4) is 5.75 Å². The molecule has 2 N–H and O–H groups in total. The standard InChI is InChI=1S/C16H21N3O2/c1-3-6-19-16(14(20-2)8-18-19)15(17)11-4-5-12-9-21-10-13(12)7-11/h4-5,7-8,15H,3,6,9-10,17H2,1-2H3. The fourth-order valence-electron chi connectivity index (χ4n) is 2.78. The summed E-state index contributed by atoms with van der Waals surface area (Å²) in [5.74, 6) is 0.743. The summed E-state index contributed by atoms with van der Waals surface area (Å²) in [5, 5.41) is 4.38. The first-order chi connectivity index (χ1) is 10.2. The molecule has 0 amide bonds. The third kappa shape index (κ3) is 2.54. The Hall–Kier alpha value is -1.85. The third-order valence-corrected chi connectivity index (χ3v) is 3.90. The lowest BCUT2D eigenvalue weighted by molar-refractivity contribution is 0.134. The Labute approximate surface area is 124 Å². The van der Waals surface area contributed by atoms with Crippen LogP contribution in [0.5, 0.6) is 5.75 Å². The van der Waals surface area contributed by atoms with Crippen molar-refractivity contribution < 1.29 is 9.47 Å². The summed E-state index contributed by atoms with van der Waals surface area (Å²) < 4.78 is 12.8. The lowest BCUT2D eigenvalue weighted by atomic mass is 9.99. The van der Waals surface area contributed by atoms with Crippen LogP contribution >= 0.6 is 0 Å². The van der Waals surface area contributed by atoms with Crippen LogP contribution in [0.2, 0.25) is 0 Å². The molecule has 112 valence electrons. The number of hydrogen-bond acceptors (Lipinski definition) is 4. The van der Waals surface area contributed by atoms with Crippen LogP contribution in [0.25, 0.3) is 0 Å². The molecule has 0 spiro atoms. The van der Waals surface area contributed by atoms with Crippen LogP contribution in [-0.2, 0) is 24.5 Å². The molecule has 1 aromatic heterocycles. The monoisotopic (exact) mass is 287 g/mol. The second-order valence-corrected chi connectivity index (χ2v) is 5.32. The highest BCUT2D eigenvalue weighted by Crippen LogP contribution is 2.31. The van der Waals surface area contributed by atoms with E-state index in [-0.39, 0.29) is 6.04 Å². The molecule has 0 fully saturated rings. The molecule has 1 aliphatic heterocycles. The minimum absolute atomic E-state index is 0.250. The first kappa shape index (κ1) is 14.1. The van der Waals surface area contributed by atoms with Crippen LogP contribution in [0.1, 0.15) is 41.8 Å². The molecule has 0 bridgehead atoms. The van der Waals surface area contributed by atoms with E-state index in [1.165, 1.54) is 11.1 Å². The highest BCUT2D eigenvalue weighted by atomic mass is 16.5. The highest BCUT2D eigenvalue weighted by Gasteiger charge is 2.22. The van der Waals surface area contributed by atoms with Gasteiger partial charge < -0.3 is 15.2 Å². The predicted octanol–water partition coefficient (Wildman–Crippen LogP) is 2.38. The van der Waals surface area contributed by atoms with E-state index in [2.05, 4.69) is 30.2 Å². The van der Waals surface area contributed by atoms with E-state index in [1.54, 1.807) is 13.3 Å². The molecule has 1 aliphatic rings. The molecule has 2 aromatic rings. The number of methoxy groups -OCH3 is 1. The van der Waals surface area contributed by atoms with E-state index in [0.29, 0.717) is 13.2 Å². The maximum absolute atomic E-state index is 6.48. The van der Waals surface area contributed by atoms with Crippen LogP contribution in [0.3, 0.4) is 0 Å². The van der Waals surface area contributed by atoms with Gasteiger partial charge in [0.25, 0.3) is 0 Å². The van der Waals surface area contributed by atoms with Crippen LogP contribution < -0.4 is 10.5 Å². The quantitative estimate of drug-likeness (QED) is 0.917. The van der Waals surface area contributed by atoms with Crippen molar-refractivity contribution in [2.45, 2.75) is 39.1 Å². The van der Waals surface area contributed by atoms with Gasteiger partial charge in [-0.3, -0.25) is 4.68 Å². The summed E-state index contributed by atoms with van der Waals surface area (Å²) in [6.45, 7) is 4.32. The van der Waals surface area contributed by atoms with Gasteiger partial charge in [0.1, 0.15) is 5.69 Å². The Morgan fingerprint density at radius 3 is 2.95 bits per heavy atom. The molecule has 5 heteroatoms. The van der Waals surface area contributed by atoms with Gasteiger partial charge in [0.15, 0.2) is 5.75 Å². The number of benzene rings is 1. The Morgan fingerprint density at radius 2 is 2.19 bits per heavy atom. The molecule has 0 radical (unpaired) electrons. The van der Waals surface area contributed by atoms with Crippen molar-refractivity contribution in [3.05, 3.63) is 46.8 Å². The van der Waals surface area contributed by atoms with Crippen molar-refractivity contribution in [1.29, 1.82) is 0 Å². The number of rotatable bonds is 5. The topological polar surface area (TPSA) is 62.3 Å². The average Bonchev–Trinajstić information content (AvgIpc) is 3.12. The van der Waals surface area contributed by atoms with E-state index in [4.69, 9.17) is 15.2 Å². The molecule has 5 nitrogen and oxygen atoms in total. The number of nitrogens with zero attached hydrogens (tertiary/aromatic N) is 2. The largest absolute Gasteiger partial charge is 0.493 e. The van der Waals surface area contributed by atoms with Crippen LogP contribution in [0.4, 0.5) is 0 Å². The minimum Gasteiger partial charge on any atom is -0.493 e. The normalized spacial score (nSPS) is 15.0. The number of fused-ring (bicyclic) bond motifs is 1. The Kier molecular flexibility index (Phi) is 3.94. The summed E-state index contributed by atoms with van der Waals surface area (Å²) in [7, 11) is 1.65. The van der Waals surface area contributed by atoms with Crippen LogP contribution in [0, 0.1) is 0 Å². The van der Waals surface area contributed by atoms with Gasteiger partial charge in [0, 0.05) is 6.54 Å². The van der Waals surface area contributed by atoms with Gasteiger partial charge in [-0.2, -0.15) is 5.10 Å². The summed E-state index contributed by atoms with van der Waals surface area (Å²) in [6, 6.07) is 6.06. The van der Waals surface area contributed by atoms with Crippen molar-refractivity contribution in [2.75, 3.05) is 7.11 Å². The van der Waals surface area contributed by atoms with E-state index in [0.717, 1.165) is 30.0 Å². The number of hydrogen-bond donors (Lipinski definition) is 1. The molecule has 3 rings (SSSR count). The van der Waals surface area contributed by atoms with Gasteiger partial charge >= 0.3 is 0 Å². The van der Waals surface area contributed by atoms with Gasteiger partial charge in [-0.25, -0.2) is 0 Å². The number of aryl methyl sites for hydroxylation is 1. The zero-order valence-corrected chi connectivity index (χ0v) is 12.5. The summed E-state index contributed by atoms with van der Waals surface area (Å²) in [6.07, 6.45) is 2.74. The summed E-state index contributed by atoms with van der Waals surface area (Å²) in [5.41, 5.74) is 11.0. The molecule has 1 atom stereocenters. The Balaban J connectivity index is 1.97. The molecule has 21 heavy (non-hydrogen) atoms. The zero-order valence-electron chi connectivity index (χ0n) is 12.5. The van der Waals surface area contributed by atoms with E-state index in [1.807, 2.05) is 4.68 Å². The van der Waals surface area contributed by atoms with E-state index < -0.39 is 0 Å². The summed E-state index contributed by atoms with van der Waals surface area (Å²) in [4.78, 5) is 0. The highest BCUT2D eigenvalue weighted by molar-refractivity contribution is 5.40. The van der Waals surface area contributed by atoms with Gasteiger partial charge in [-0.05, 0) is 23.1 Å². The molecule has 1 unspecified atom stereocenters. The van der Waals surface area contributed by atoms with Gasteiger partial charge in [0.05, 0.1) is 32.6 Å². The van der Waals surface area contributed by atoms with Crippen molar-refractivity contribution in [2.24, 2.45) is 5.73 Å². The first-order valence-electron chi connectivity index (χ1n) is 7.29. The Bertz CT molecular complexity index is 636. The fourth-order valence-corrected chi connectivity index (χ4v) is 2.78. The third-order valence-electron chi connectivity index (χ3n) is 3.90. The lowest BCUT2D eigenvalue weighted by Gasteiger charge is -2.17. The zero-order chi connectivity index (χ0) is 14.8. The molecule has 0 saturated carbocycles. The van der Waals surface area contributed by atoms with Crippen LogP contribution in [-0.4, -0.2) is 16.9 Å². The molecular formula is C16H21N3O2. The average molecular weight is 287 g/mol. The molecule has 1 aromatic carbocycles. The van der Waals surface area contributed by atoms with Gasteiger partial charge in [-0.1, -0.05) is 25.1 Å². The van der Waals surface area contributed by atoms with Gasteiger partial charge in [-0.15, -0.1) is 0 Å². The van der Waals surface area contributed by atoms with Crippen molar-refractivity contribution in [1.82, 2.24) is 9.78 Å². The fraction of sp³-hybridized carbons (Fsp3) is 0.438. The number of ether oxygens (including phenoxy) is 2. The second kappa shape index (κ2) is 5.87. The molecule has 0 saturated heterocycles. The maximum atomic E-state index is 6.48. The van der Waals surface area contributed by atoms with Gasteiger partial charge in [0.2, 0.25) is 0 Å². The van der Waals surface area contributed by atoms with Crippen LogP contribution in [0.15, 0.2) is 24.4 Å². The minimum atomic E-state index is -0.250. The molecule has 0 aliphatic carbocycles. The number of aromatic nitrogens is 2. The Morgan fingerprint density at radius 1 is 1.38 bits per heavy atom. The second-order valence-electron chi connectivity index (χ2n) is 5.32. The van der Waals surface area contributed by atoms with E-state index in [9.17, 15) is 0 Å². The summed E-state index contributed by atoms with van der Waals surface area (Å²) >= 11 is 0. The maximum Gasteiger partial charge on any atom is 0.161 e. The first-order valence-corrected chi connectivity index (χ1v) is 7.29. The number of nitrogens with two attached hydrogens (primary N) is 1. The molecule has 2 heterocycles.